The highest BCUT2D eigenvalue weighted by atomic mass is 19.4. The number of allylic oxidation sites excluding steroid dienone is 1. The first kappa shape index (κ1) is 26.2. The number of alkyl halides is 3. The Hall–Kier alpha value is -3.09. The zero-order valence-electron chi connectivity index (χ0n) is 18.5. The van der Waals surface area contributed by atoms with Crippen molar-refractivity contribution in [3.63, 3.8) is 0 Å². The van der Waals surface area contributed by atoms with Gasteiger partial charge < -0.3 is 9.47 Å². The highest BCUT2D eigenvalue weighted by molar-refractivity contribution is 5.91. The van der Waals surface area contributed by atoms with Crippen molar-refractivity contribution in [2.75, 3.05) is 0 Å². The van der Waals surface area contributed by atoms with Crippen LogP contribution >= 0.6 is 0 Å². The third-order valence-electron chi connectivity index (χ3n) is 5.00. The quantitative estimate of drug-likeness (QED) is 0.134. The summed E-state index contributed by atoms with van der Waals surface area (Å²) in [6.45, 7) is 3.71. The molecule has 0 N–H and O–H groups in total. The first-order chi connectivity index (χ1) is 15.8. The molecule has 0 spiro atoms. The summed E-state index contributed by atoms with van der Waals surface area (Å²) in [5.74, 6) is -0.744. The van der Waals surface area contributed by atoms with Gasteiger partial charge in [0.2, 0.25) is 0 Å². The molecule has 4 nitrogen and oxygen atoms in total. The number of hydrogen-bond donors (Lipinski definition) is 0. The molecule has 33 heavy (non-hydrogen) atoms. The molecule has 0 aliphatic heterocycles. The van der Waals surface area contributed by atoms with Crippen LogP contribution in [0.2, 0.25) is 0 Å². The second-order valence-corrected chi connectivity index (χ2v) is 7.71. The predicted molar refractivity (Wildman–Crippen MR) is 120 cm³/mol. The number of hydrogen-bond acceptors (Lipinski definition) is 4. The monoisotopic (exact) mass is 462 g/mol. The smallest absolute Gasteiger partial charge is 0.416 e. The van der Waals surface area contributed by atoms with E-state index in [1.165, 1.54) is 43.5 Å². The Kier molecular flexibility index (Phi) is 10.7. The largest absolute Gasteiger partial charge is 0.427 e. The summed E-state index contributed by atoms with van der Waals surface area (Å²) in [6.07, 6.45) is 6.47. The fourth-order valence-electron chi connectivity index (χ4n) is 3.16. The molecule has 0 saturated heterocycles. The summed E-state index contributed by atoms with van der Waals surface area (Å²) < 4.78 is 48.1. The first-order valence-corrected chi connectivity index (χ1v) is 11.1. The number of esters is 2. The molecule has 0 heterocycles. The van der Waals surface area contributed by atoms with Crippen LogP contribution < -0.4 is 9.47 Å². The molecule has 0 aromatic heterocycles. The molecule has 2 aromatic rings. The van der Waals surface area contributed by atoms with Gasteiger partial charge in [0.25, 0.3) is 0 Å². The Morgan fingerprint density at radius 1 is 0.758 bits per heavy atom. The number of ether oxygens (including phenoxy) is 2. The van der Waals surface area contributed by atoms with Gasteiger partial charge in [0.15, 0.2) is 0 Å². The SMILES string of the molecule is C=CCCCCCCCCCC(=O)Oc1ccc(C(=O)Oc2ccc(C(F)(F)F)cc2)cc1. The van der Waals surface area contributed by atoms with Gasteiger partial charge in [-0.05, 0) is 67.8 Å². The number of rotatable bonds is 13. The van der Waals surface area contributed by atoms with E-state index in [-0.39, 0.29) is 17.3 Å². The maximum absolute atomic E-state index is 12.6. The Morgan fingerprint density at radius 2 is 1.27 bits per heavy atom. The summed E-state index contributed by atoms with van der Waals surface area (Å²) in [5.41, 5.74) is -0.643. The second-order valence-electron chi connectivity index (χ2n) is 7.71. The van der Waals surface area contributed by atoms with Crippen molar-refractivity contribution in [2.24, 2.45) is 0 Å². The molecule has 0 unspecified atom stereocenters. The molecular formula is C26H29F3O4. The van der Waals surface area contributed by atoms with Crippen LogP contribution in [0.1, 0.15) is 73.7 Å². The molecule has 0 saturated carbocycles. The van der Waals surface area contributed by atoms with Crippen molar-refractivity contribution in [1.82, 2.24) is 0 Å². The van der Waals surface area contributed by atoms with Crippen LogP contribution in [0.25, 0.3) is 0 Å². The lowest BCUT2D eigenvalue weighted by molar-refractivity contribution is -0.137. The van der Waals surface area contributed by atoms with E-state index in [0.29, 0.717) is 12.2 Å². The molecule has 0 fully saturated rings. The van der Waals surface area contributed by atoms with Gasteiger partial charge >= 0.3 is 18.1 Å². The summed E-state index contributed by atoms with van der Waals surface area (Å²) in [6, 6.07) is 9.67. The van der Waals surface area contributed by atoms with Crippen LogP contribution in [0.3, 0.4) is 0 Å². The van der Waals surface area contributed by atoms with E-state index in [2.05, 4.69) is 6.58 Å². The van der Waals surface area contributed by atoms with Gasteiger partial charge in [-0.3, -0.25) is 4.79 Å². The Bertz CT molecular complexity index is 887. The average Bonchev–Trinajstić information content (AvgIpc) is 2.78. The minimum absolute atomic E-state index is 0.000248. The van der Waals surface area contributed by atoms with Gasteiger partial charge in [-0.1, -0.05) is 38.2 Å². The lowest BCUT2D eigenvalue weighted by atomic mass is 10.1. The second kappa shape index (κ2) is 13.5. The van der Waals surface area contributed by atoms with Gasteiger partial charge in [-0.2, -0.15) is 13.2 Å². The van der Waals surface area contributed by atoms with Gasteiger partial charge in [0.05, 0.1) is 11.1 Å². The number of carbonyl (C=O) groups is 2. The van der Waals surface area contributed by atoms with E-state index in [0.717, 1.165) is 56.4 Å². The Morgan fingerprint density at radius 3 is 1.85 bits per heavy atom. The lowest BCUT2D eigenvalue weighted by Crippen LogP contribution is -2.10. The van der Waals surface area contributed by atoms with Crippen molar-refractivity contribution in [2.45, 2.75) is 64.0 Å². The predicted octanol–water partition coefficient (Wildman–Crippen LogP) is 7.53. The van der Waals surface area contributed by atoms with Crippen molar-refractivity contribution in [3.8, 4) is 11.5 Å². The fraction of sp³-hybridized carbons (Fsp3) is 0.385. The molecule has 0 aliphatic carbocycles. The maximum Gasteiger partial charge on any atom is 0.416 e. The highest BCUT2D eigenvalue weighted by Gasteiger charge is 2.30. The third kappa shape index (κ3) is 9.93. The van der Waals surface area contributed by atoms with E-state index in [1.807, 2.05) is 6.08 Å². The molecule has 0 amide bonds. The minimum Gasteiger partial charge on any atom is -0.427 e. The van der Waals surface area contributed by atoms with Gasteiger partial charge in [0.1, 0.15) is 11.5 Å². The molecule has 2 rings (SSSR count). The van der Waals surface area contributed by atoms with Crippen LogP contribution in [0.4, 0.5) is 13.2 Å². The van der Waals surface area contributed by atoms with Crippen LogP contribution in [-0.4, -0.2) is 11.9 Å². The number of halogens is 3. The van der Waals surface area contributed by atoms with Crippen molar-refractivity contribution < 1.29 is 32.2 Å². The lowest BCUT2D eigenvalue weighted by Gasteiger charge is -2.09. The molecule has 2 aromatic carbocycles. The third-order valence-corrected chi connectivity index (χ3v) is 5.00. The van der Waals surface area contributed by atoms with Crippen LogP contribution in [-0.2, 0) is 11.0 Å². The van der Waals surface area contributed by atoms with Crippen LogP contribution in [0, 0.1) is 0 Å². The van der Waals surface area contributed by atoms with Gasteiger partial charge in [0, 0.05) is 6.42 Å². The number of unbranched alkanes of at least 4 members (excludes halogenated alkanes) is 7. The molecule has 0 radical (unpaired) electrons. The summed E-state index contributed by atoms with van der Waals surface area (Å²) in [7, 11) is 0. The Labute approximate surface area is 192 Å². The standard InChI is InChI=1S/C26H29F3O4/c1-2-3-4-5-6-7-8-9-10-11-24(30)32-22-16-12-20(13-17-22)25(31)33-23-18-14-21(15-19-23)26(27,28)29/h2,12-19H,1,3-11H2. The van der Waals surface area contributed by atoms with Crippen molar-refractivity contribution in [1.29, 1.82) is 0 Å². The molecule has 0 bridgehead atoms. The molecule has 178 valence electrons. The van der Waals surface area contributed by atoms with Gasteiger partial charge in [-0.25, -0.2) is 4.79 Å². The molecule has 0 atom stereocenters. The molecular weight excluding hydrogens is 433 g/mol. The number of benzene rings is 2. The van der Waals surface area contributed by atoms with E-state index < -0.39 is 17.7 Å². The van der Waals surface area contributed by atoms with Crippen molar-refractivity contribution >= 4 is 11.9 Å². The zero-order chi connectivity index (χ0) is 24.1. The fourth-order valence-corrected chi connectivity index (χ4v) is 3.16. The molecule has 0 aliphatic rings. The zero-order valence-corrected chi connectivity index (χ0v) is 18.5. The van der Waals surface area contributed by atoms with Gasteiger partial charge in [-0.15, -0.1) is 6.58 Å². The highest BCUT2D eigenvalue weighted by Crippen LogP contribution is 2.30. The van der Waals surface area contributed by atoms with E-state index in [1.54, 1.807) is 0 Å². The summed E-state index contributed by atoms with van der Waals surface area (Å²) >= 11 is 0. The topological polar surface area (TPSA) is 52.6 Å². The molecule has 7 heteroatoms. The normalized spacial score (nSPS) is 11.1. The minimum atomic E-state index is -4.46. The average molecular weight is 463 g/mol. The Balaban J connectivity index is 1.69. The van der Waals surface area contributed by atoms with Crippen LogP contribution in [0.5, 0.6) is 11.5 Å². The van der Waals surface area contributed by atoms with Crippen molar-refractivity contribution in [3.05, 3.63) is 72.3 Å². The van der Waals surface area contributed by atoms with E-state index >= 15 is 0 Å². The van der Waals surface area contributed by atoms with E-state index in [9.17, 15) is 22.8 Å². The number of carbonyl (C=O) groups excluding carboxylic acids is 2. The maximum atomic E-state index is 12.6. The summed E-state index contributed by atoms with van der Waals surface area (Å²) in [5, 5.41) is 0. The van der Waals surface area contributed by atoms with Crippen LogP contribution in [0.15, 0.2) is 61.2 Å². The first-order valence-electron chi connectivity index (χ1n) is 11.1. The van der Waals surface area contributed by atoms with E-state index in [4.69, 9.17) is 9.47 Å². The summed E-state index contributed by atoms with van der Waals surface area (Å²) in [4.78, 5) is 24.1.